The first-order chi connectivity index (χ1) is 8.88. The third kappa shape index (κ3) is 5.00. The first-order valence-electron chi connectivity index (χ1n) is 5.10. The van der Waals surface area contributed by atoms with Crippen LogP contribution in [0.2, 0.25) is 0 Å². The van der Waals surface area contributed by atoms with E-state index in [1.165, 1.54) is 19.2 Å². The van der Waals surface area contributed by atoms with Crippen molar-refractivity contribution >= 4 is 18.1 Å². The summed E-state index contributed by atoms with van der Waals surface area (Å²) in [5.41, 5.74) is 10.1. The number of carbonyl (C=O) groups excluding carboxylic acids is 3. The molecule has 5 N–H and O–H groups in total. The Kier molecular flexibility index (Phi) is 4.77. The average molecular weight is 268 g/mol. The molecule has 0 aliphatic rings. The van der Waals surface area contributed by atoms with Gasteiger partial charge in [-0.05, 0) is 13.0 Å². The molecular weight excluding hydrogens is 256 g/mol. The van der Waals surface area contributed by atoms with Gasteiger partial charge >= 0.3 is 12.2 Å². The first kappa shape index (κ1) is 14.4. The summed E-state index contributed by atoms with van der Waals surface area (Å²) in [7, 11) is 0. The van der Waals surface area contributed by atoms with Gasteiger partial charge in [0.25, 0.3) is 0 Å². The molecule has 0 aliphatic carbocycles. The van der Waals surface area contributed by atoms with E-state index in [0.29, 0.717) is 0 Å². The molecule has 0 bridgehead atoms. The Morgan fingerprint density at radius 2 is 2.05 bits per heavy atom. The normalized spacial score (nSPS) is 11.3. The molecule has 1 heterocycles. The average Bonchev–Trinajstić information content (AvgIpc) is 2.27. The van der Waals surface area contributed by atoms with Gasteiger partial charge in [-0.2, -0.15) is 0 Å². The lowest BCUT2D eigenvalue weighted by Crippen LogP contribution is -2.42. The van der Waals surface area contributed by atoms with E-state index < -0.39 is 24.1 Å². The summed E-state index contributed by atoms with van der Waals surface area (Å²) in [6.45, 7) is 1.41. The van der Waals surface area contributed by atoms with Gasteiger partial charge in [0.05, 0.1) is 6.04 Å². The van der Waals surface area contributed by atoms with Crippen LogP contribution in [0.1, 0.15) is 6.92 Å². The lowest BCUT2D eigenvalue weighted by atomic mass is 10.3. The Bertz CT molecular complexity index is 502. The van der Waals surface area contributed by atoms with Crippen molar-refractivity contribution < 1.29 is 23.9 Å². The summed E-state index contributed by atoms with van der Waals surface area (Å²) in [6.07, 6.45) is -0.839. The standard InChI is InChI=1S/C10H12N4O5/c1-5(11)8(15)14-10(17)18-6-2-3-13-7(4-6)19-9(12)16/h2-5H,11H2,1H3,(H2,12,16)(H,14,15,17)/t5-/m0/s1. The fourth-order valence-corrected chi connectivity index (χ4v) is 0.961. The molecule has 1 atom stereocenters. The summed E-state index contributed by atoms with van der Waals surface area (Å²) in [5.74, 6) is -0.815. The minimum atomic E-state index is -1.05. The monoisotopic (exact) mass is 268 g/mol. The zero-order valence-corrected chi connectivity index (χ0v) is 9.95. The predicted molar refractivity (Wildman–Crippen MR) is 62.3 cm³/mol. The lowest BCUT2D eigenvalue weighted by molar-refractivity contribution is -0.121. The van der Waals surface area contributed by atoms with Gasteiger partial charge in [-0.3, -0.25) is 10.1 Å². The molecule has 0 fully saturated rings. The number of primary amides is 1. The van der Waals surface area contributed by atoms with E-state index in [-0.39, 0.29) is 11.6 Å². The smallest absolute Gasteiger partial charge is 0.410 e. The SMILES string of the molecule is C[C@H](N)C(=O)NC(=O)Oc1ccnc(OC(N)=O)c1. The number of hydrogen-bond donors (Lipinski definition) is 3. The molecule has 0 aliphatic heterocycles. The quantitative estimate of drug-likeness (QED) is 0.669. The van der Waals surface area contributed by atoms with Gasteiger partial charge < -0.3 is 20.9 Å². The number of nitrogens with one attached hydrogen (secondary N) is 1. The maximum Gasteiger partial charge on any atom is 0.419 e. The van der Waals surface area contributed by atoms with E-state index in [0.717, 1.165) is 6.07 Å². The highest BCUT2D eigenvalue weighted by Gasteiger charge is 2.14. The van der Waals surface area contributed by atoms with Crippen LogP contribution >= 0.6 is 0 Å². The highest BCUT2D eigenvalue weighted by atomic mass is 16.6. The van der Waals surface area contributed by atoms with Gasteiger partial charge in [-0.1, -0.05) is 0 Å². The Morgan fingerprint density at radius 3 is 2.63 bits per heavy atom. The largest absolute Gasteiger partial charge is 0.419 e. The molecule has 9 nitrogen and oxygen atoms in total. The van der Waals surface area contributed by atoms with Crippen LogP contribution in [0.4, 0.5) is 9.59 Å². The van der Waals surface area contributed by atoms with Gasteiger partial charge in [-0.25, -0.2) is 14.6 Å². The number of amides is 3. The highest BCUT2D eigenvalue weighted by molar-refractivity contribution is 5.95. The van der Waals surface area contributed by atoms with Crippen molar-refractivity contribution in [3.63, 3.8) is 0 Å². The van der Waals surface area contributed by atoms with Crippen molar-refractivity contribution in [2.24, 2.45) is 11.5 Å². The van der Waals surface area contributed by atoms with Crippen molar-refractivity contribution in [2.75, 3.05) is 0 Å². The van der Waals surface area contributed by atoms with Gasteiger partial charge in [0.2, 0.25) is 11.8 Å². The summed E-state index contributed by atoms with van der Waals surface area (Å²) in [6, 6.07) is 1.63. The van der Waals surface area contributed by atoms with Crippen LogP contribution in [-0.2, 0) is 4.79 Å². The zero-order valence-electron chi connectivity index (χ0n) is 9.95. The Hall–Kier alpha value is -2.68. The summed E-state index contributed by atoms with van der Waals surface area (Å²) in [5, 5.41) is 1.91. The second-order valence-corrected chi connectivity index (χ2v) is 3.42. The number of aromatic nitrogens is 1. The van der Waals surface area contributed by atoms with Crippen molar-refractivity contribution in [1.29, 1.82) is 0 Å². The maximum absolute atomic E-state index is 11.3. The summed E-state index contributed by atoms with van der Waals surface area (Å²) in [4.78, 5) is 36.6. The van der Waals surface area contributed by atoms with Crippen LogP contribution in [0, 0.1) is 0 Å². The van der Waals surface area contributed by atoms with Crippen LogP contribution in [0.15, 0.2) is 18.3 Å². The topological polar surface area (TPSA) is 147 Å². The lowest BCUT2D eigenvalue weighted by Gasteiger charge is -2.07. The van der Waals surface area contributed by atoms with E-state index in [1.807, 2.05) is 5.32 Å². The fourth-order valence-electron chi connectivity index (χ4n) is 0.961. The molecule has 0 spiro atoms. The van der Waals surface area contributed by atoms with Gasteiger partial charge in [0.15, 0.2) is 0 Å². The molecule has 0 saturated carbocycles. The Morgan fingerprint density at radius 1 is 1.37 bits per heavy atom. The van der Waals surface area contributed by atoms with Crippen LogP contribution < -0.4 is 26.3 Å². The van der Waals surface area contributed by atoms with E-state index in [2.05, 4.69) is 9.72 Å². The maximum atomic E-state index is 11.3. The third-order valence-electron chi connectivity index (χ3n) is 1.76. The second-order valence-electron chi connectivity index (χ2n) is 3.42. The first-order valence-corrected chi connectivity index (χ1v) is 5.10. The van der Waals surface area contributed by atoms with Gasteiger partial charge in [-0.15, -0.1) is 0 Å². The molecule has 0 aromatic carbocycles. The highest BCUT2D eigenvalue weighted by Crippen LogP contribution is 2.16. The molecule has 102 valence electrons. The number of nitrogens with two attached hydrogens (primary N) is 2. The molecular formula is C10H12N4O5. The Labute approximate surface area is 107 Å². The predicted octanol–water partition coefficient (Wildman–Crippen LogP) is -0.499. The van der Waals surface area contributed by atoms with Crippen LogP contribution in [-0.4, -0.2) is 29.1 Å². The molecule has 9 heteroatoms. The molecule has 3 amide bonds. The molecule has 1 rings (SSSR count). The molecule has 0 unspecified atom stereocenters. The molecule has 0 saturated heterocycles. The van der Waals surface area contributed by atoms with E-state index in [9.17, 15) is 14.4 Å². The fraction of sp³-hybridized carbons (Fsp3) is 0.200. The zero-order chi connectivity index (χ0) is 14.4. The van der Waals surface area contributed by atoms with E-state index >= 15 is 0 Å². The minimum absolute atomic E-state index is 0.0150. The summed E-state index contributed by atoms with van der Waals surface area (Å²) >= 11 is 0. The number of pyridine rings is 1. The van der Waals surface area contributed by atoms with Crippen molar-refractivity contribution in [2.45, 2.75) is 13.0 Å². The number of carbonyl (C=O) groups is 3. The van der Waals surface area contributed by atoms with Crippen LogP contribution in [0.25, 0.3) is 0 Å². The molecule has 0 radical (unpaired) electrons. The number of imide groups is 1. The van der Waals surface area contributed by atoms with E-state index in [1.54, 1.807) is 0 Å². The summed E-state index contributed by atoms with van der Waals surface area (Å²) < 4.78 is 9.24. The van der Waals surface area contributed by atoms with Crippen molar-refractivity contribution in [1.82, 2.24) is 10.3 Å². The minimum Gasteiger partial charge on any atom is -0.410 e. The molecule has 19 heavy (non-hydrogen) atoms. The number of ether oxygens (including phenoxy) is 2. The number of rotatable bonds is 3. The van der Waals surface area contributed by atoms with Crippen LogP contribution in [0.3, 0.4) is 0 Å². The molecule has 1 aromatic heterocycles. The van der Waals surface area contributed by atoms with Gasteiger partial charge in [0, 0.05) is 12.3 Å². The third-order valence-corrected chi connectivity index (χ3v) is 1.76. The Balaban J connectivity index is 2.64. The number of nitrogens with zero attached hydrogens (tertiary/aromatic N) is 1. The van der Waals surface area contributed by atoms with Crippen molar-refractivity contribution in [3.8, 4) is 11.6 Å². The van der Waals surface area contributed by atoms with E-state index in [4.69, 9.17) is 16.2 Å². The number of hydrogen-bond acceptors (Lipinski definition) is 7. The molecule has 1 aromatic rings. The van der Waals surface area contributed by atoms with Crippen LogP contribution in [0.5, 0.6) is 11.6 Å². The second kappa shape index (κ2) is 6.31. The van der Waals surface area contributed by atoms with Gasteiger partial charge in [0.1, 0.15) is 5.75 Å². The van der Waals surface area contributed by atoms with Crippen molar-refractivity contribution in [3.05, 3.63) is 18.3 Å².